The first kappa shape index (κ1) is 14.7. The van der Waals surface area contributed by atoms with Crippen molar-refractivity contribution >= 4 is 6.09 Å². The van der Waals surface area contributed by atoms with E-state index in [1.807, 2.05) is 32.9 Å². The van der Waals surface area contributed by atoms with Crippen molar-refractivity contribution in [2.75, 3.05) is 13.1 Å². The molecule has 1 N–H and O–H groups in total. The number of hydrogen-bond donors (Lipinski definition) is 1. The minimum atomic E-state index is -0.427. The Hall–Kier alpha value is -1.71. The van der Waals surface area contributed by atoms with Crippen LogP contribution in [0.4, 0.5) is 4.79 Å². The highest BCUT2D eigenvalue weighted by atomic mass is 16.6. The van der Waals surface area contributed by atoms with Crippen molar-refractivity contribution in [2.24, 2.45) is 5.92 Å². The molecule has 1 aliphatic heterocycles. The second-order valence-corrected chi connectivity index (χ2v) is 6.46. The molecule has 4 heteroatoms. The number of rotatable bonds is 3. The van der Waals surface area contributed by atoms with Crippen LogP contribution in [0.3, 0.4) is 0 Å². The van der Waals surface area contributed by atoms with Gasteiger partial charge in [0, 0.05) is 13.1 Å². The molecule has 20 heavy (non-hydrogen) atoms. The first-order chi connectivity index (χ1) is 9.33. The van der Waals surface area contributed by atoms with Gasteiger partial charge in [-0.2, -0.15) is 0 Å². The first-order valence-corrected chi connectivity index (χ1v) is 7.09. The second-order valence-electron chi connectivity index (χ2n) is 6.46. The third-order valence-electron chi connectivity index (χ3n) is 3.36. The highest BCUT2D eigenvalue weighted by Crippen LogP contribution is 2.24. The number of phenolic OH excluding ortho intramolecular Hbond substituents is 1. The molecule has 110 valence electrons. The number of carbonyl (C=O) groups excluding carboxylic acids is 1. The van der Waals surface area contributed by atoms with Gasteiger partial charge in [0.2, 0.25) is 0 Å². The standard InChI is InChI=1S/C16H23NO3/c1-16(2,3)20-15(19)17-10-13(11-17)8-7-12-5-4-6-14(18)9-12/h4-6,9,13,18H,7-8,10-11H2,1-3H3. The number of aromatic hydroxyl groups is 1. The van der Waals surface area contributed by atoms with Crippen molar-refractivity contribution in [3.05, 3.63) is 29.8 Å². The van der Waals surface area contributed by atoms with Gasteiger partial charge in [0.1, 0.15) is 11.4 Å². The topological polar surface area (TPSA) is 49.8 Å². The van der Waals surface area contributed by atoms with Gasteiger partial charge in [-0.1, -0.05) is 12.1 Å². The summed E-state index contributed by atoms with van der Waals surface area (Å²) in [6.45, 7) is 7.18. The highest BCUT2D eigenvalue weighted by Gasteiger charge is 2.33. The Morgan fingerprint density at radius 1 is 1.40 bits per heavy atom. The monoisotopic (exact) mass is 277 g/mol. The molecule has 0 bridgehead atoms. The van der Waals surface area contributed by atoms with Crippen LogP contribution in [0.5, 0.6) is 5.75 Å². The largest absolute Gasteiger partial charge is 0.508 e. The van der Waals surface area contributed by atoms with Crippen LogP contribution in [-0.4, -0.2) is 34.8 Å². The van der Waals surface area contributed by atoms with Crippen LogP contribution in [0.1, 0.15) is 32.8 Å². The summed E-state index contributed by atoms with van der Waals surface area (Å²) in [5, 5.41) is 9.40. The zero-order valence-corrected chi connectivity index (χ0v) is 12.4. The molecule has 0 spiro atoms. The molecule has 0 atom stereocenters. The van der Waals surface area contributed by atoms with Gasteiger partial charge in [0.25, 0.3) is 0 Å². The molecule has 1 aliphatic rings. The molecule has 4 nitrogen and oxygen atoms in total. The molecule has 2 rings (SSSR count). The Balaban J connectivity index is 1.71. The molecule has 0 radical (unpaired) electrons. The summed E-state index contributed by atoms with van der Waals surface area (Å²) in [6, 6.07) is 7.35. The van der Waals surface area contributed by atoms with Crippen LogP contribution in [0, 0.1) is 5.92 Å². The molecular formula is C16H23NO3. The Bertz CT molecular complexity index is 473. The lowest BCUT2D eigenvalue weighted by molar-refractivity contribution is -0.00202. The van der Waals surface area contributed by atoms with Gasteiger partial charge >= 0.3 is 6.09 Å². The maximum atomic E-state index is 11.8. The average Bonchev–Trinajstić information content (AvgIpc) is 2.24. The number of carbonyl (C=O) groups is 1. The fraction of sp³-hybridized carbons (Fsp3) is 0.562. The van der Waals surface area contributed by atoms with Crippen molar-refractivity contribution in [3.63, 3.8) is 0 Å². The van der Waals surface area contributed by atoms with E-state index < -0.39 is 5.60 Å². The van der Waals surface area contributed by atoms with E-state index in [2.05, 4.69) is 0 Å². The van der Waals surface area contributed by atoms with Crippen molar-refractivity contribution in [2.45, 2.75) is 39.2 Å². The quantitative estimate of drug-likeness (QED) is 0.923. The zero-order chi connectivity index (χ0) is 14.8. The van der Waals surface area contributed by atoms with Gasteiger partial charge in [-0.15, -0.1) is 0 Å². The van der Waals surface area contributed by atoms with Crippen molar-refractivity contribution in [1.29, 1.82) is 0 Å². The molecule has 1 aromatic carbocycles. The lowest BCUT2D eigenvalue weighted by atomic mass is 9.93. The van der Waals surface area contributed by atoms with Crippen molar-refractivity contribution in [3.8, 4) is 5.75 Å². The minimum absolute atomic E-state index is 0.217. The van der Waals surface area contributed by atoms with E-state index in [0.717, 1.165) is 31.5 Å². The van der Waals surface area contributed by atoms with E-state index in [1.165, 1.54) is 0 Å². The predicted octanol–water partition coefficient (Wildman–Crippen LogP) is 3.19. The lowest BCUT2D eigenvalue weighted by Crippen LogP contribution is -2.51. The molecule has 0 unspecified atom stereocenters. The Morgan fingerprint density at radius 2 is 2.10 bits per heavy atom. The van der Waals surface area contributed by atoms with Crippen molar-refractivity contribution in [1.82, 2.24) is 4.90 Å². The molecule has 1 fully saturated rings. The Morgan fingerprint density at radius 3 is 2.70 bits per heavy atom. The molecule has 1 amide bonds. The second kappa shape index (κ2) is 5.73. The summed E-state index contributed by atoms with van der Waals surface area (Å²) in [7, 11) is 0. The third-order valence-corrected chi connectivity index (χ3v) is 3.36. The van der Waals surface area contributed by atoms with Gasteiger partial charge in [-0.05, 0) is 57.2 Å². The molecule has 1 saturated heterocycles. The van der Waals surface area contributed by atoms with E-state index in [4.69, 9.17) is 4.74 Å². The van der Waals surface area contributed by atoms with Crippen LogP contribution in [0.15, 0.2) is 24.3 Å². The smallest absolute Gasteiger partial charge is 0.410 e. The SMILES string of the molecule is CC(C)(C)OC(=O)N1CC(CCc2cccc(O)c2)C1. The normalized spacial score (nSPS) is 15.8. The van der Waals surface area contributed by atoms with Gasteiger partial charge < -0.3 is 14.7 Å². The molecular weight excluding hydrogens is 254 g/mol. The maximum absolute atomic E-state index is 11.8. The average molecular weight is 277 g/mol. The third kappa shape index (κ3) is 4.15. The number of benzene rings is 1. The molecule has 1 aromatic rings. The summed E-state index contributed by atoms with van der Waals surface area (Å²) < 4.78 is 5.32. The lowest BCUT2D eigenvalue weighted by Gasteiger charge is -2.39. The number of ether oxygens (including phenoxy) is 1. The fourth-order valence-electron chi connectivity index (χ4n) is 2.31. The van der Waals surface area contributed by atoms with Crippen LogP contribution in [0.2, 0.25) is 0 Å². The number of aryl methyl sites for hydroxylation is 1. The summed E-state index contributed by atoms with van der Waals surface area (Å²) in [6.07, 6.45) is 1.75. The summed E-state index contributed by atoms with van der Waals surface area (Å²) in [4.78, 5) is 13.5. The molecule has 0 aromatic heterocycles. The highest BCUT2D eigenvalue weighted by molar-refractivity contribution is 5.69. The van der Waals surface area contributed by atoms with Gasteiger partial charge in [0.05, 0.1) is 0 Å². The van der Waals surface area contributed by atoms with Crippen molar-refractivity contribution < 1.29 is 14.6 Å². The van der Waals surface area contributed by atoms with Crippen LogP contribution in [0.25, 0.3) is 0 Å². The van der Waals surface area contributed by atoms with Crippen LogP contribution in [-0.2, 0) is 11.2 Å². The van der Waals surface area contributed by atoms with Crippen LogP contribution < -0.4 is 0 Å². The van der Waals surface area contributed by atoms with Gasteiger partial charge in [-0.25, -0.2) is 4.79 Å². The van der Waals surface area contributed by atoms with Gasteiger partial charge in [0.15, 0.2) is 0 Å². The van der Waals surface area contributed by atoms with E-state index in [1.54, 1.807) is 17.0 Å². The van der Waals surface area contributed by atoms with E-state index in [-0.39, 0.29) is 6.09 Å². The summed E-state index contributed by atoms with van der Waals surface area (Å²) in [5.74, 6) is 0.844. The number of phenols is 1. The predicted molar refractivity (Wildman–Crippen MR) is 77.7 cm³/mol. The van der Waals surface area contributed by atoms with Gasteiger partial charge in [-0.3, -0.25) is 0 Å². The molecule has 0 aliphatic carbocycles. The Labute approximate surface area is 120 Å². The Kier molecular flexibility index (Phi) is 4.21. The first-order valence-electron chi connectivity index (χ1n) is 7.09. The number of likely N-dealkylation sites (tertiary alicyclic amines) is 1. The summed E-state index contributed by atoms with van der Waals surface area (Å²) >= 11 is 0. The summed E-state index contributed by atoms with van der Waals surface area (Å²) in [5.41, 5.74) is 0.713. The minimum Gasteiger partial charge on any atom is -0.508 e. The number of amides is 1. The van der Waals surface area contributed by atoms with E-state index in [0.29, 0.717) is 11.7 Å². The zero-order valence-electron chi connectivity index (χ0n) is 12.4. The van der Waals surface area contributed by atoms with E-state index >= 15 is 0 Å². The van der Waals surface area contributed by atoms with Crippen LogP contribution >= 0.6 is 0 Å². The maximum Gasteiger partial charge on any atom is 0.410 e. The fourth-order valence-corrected chi connectivity index (χ4v) is 2.31. The number of hydrogen-bond acceptors (Lipinski definition) is 3. The molecule has 0 saturated carbocycles. The number of nitrogens with zero attached hydrogens (tertiary/aromatic N) is 1. The molecule has 1 heterocycles. The van der Waals surface area contributed by atoms with E-state index in [9.17, 15) is 9.90 Å².